The number of ether oxygens (including phenoxy) is 4. The van der Waals surface area contributed by atoms with Gasteiger partial charge in [0.2, 0.25) is 12.7 Å². The van der Waals surface area contributed by atoms with Gasteiger partial charge in [0.05, 0.1) is 26.2 Å². The summed E-state index contributed by atoms with van der Waals surface area (Å²) in [7, 11) is 1.63. The summed E-state index contributed by atoms with van der Waals surface area (Å²) in [5, 5.41) is 0. The number of rotatable bonds is 11. The molecular formula is C31H42N2O6. The molecule has 4 rings (SSSR count). The van der Waals surface area contributed by atoms with Crippen molar-refractivity contribution < 1.29 is 28.5 Å². The van der Waals surface area contributed by atoms with Crippen molar-refractivity contribution >= 4 is 11.9 Å². The first kappa shape index (κ1) is 28.7. The molecule has 2 aliphatic heterocycles. The van der Waals surface area contributed by atoms with E-state index in [0.29, 0.717) is 43.0 Å². The van der Waals surface area contributed by atoms with E-state index in [1.165, 1.54) is 0 Å². The molecule has 212 valence electrons. The quantitative estimate of drug-likeness (QED) is 0.377. The molecule has 2 heterocycles. The first-order valence-corrected chi connectivity index (χ1v) is 13.9. The van der Waals surface area contributed by atoms with Crippen LogP contribution in [0.25, 0.3) is 0 Å². The molecule has 0 N–H and O–H groups in total. The van der Waals surface area contributed by atoms with Gasteiger partial charge in [0.1, 0.15) is 5.75 Å². The lowest BCUT2D eigenvalue weighted by Crippen LogP contribution is -2.44. The Balaban J connectivity index is 1.73. The van der Waals surface area contributed by atoms with Crippen molar-refractivity contribution in [3.63, 3.8) is 0 Å². The third-order valence-electron chi connectivity index (χ3n) is 7.30. The van der Waals surface area contributed by atoms with Crippen molar-refractivity contribution in [3.05, 3.63) is 53.6 Å². The molecule has 1 fully saturated rings. The van der Waals surface area contributed by atoms with E-state index in [9.17, 15) is 9.59 Å². The molecule has 0 saturated carbocycles. The Morgan fingerprint density at radius 3 is 2.23 bits per heavy atom. The second-order valence-corrected chi connectivity index (χ2v) is 11.2. The smallest absolute Gasteiger partial charge is 0.311 e. The summed E-state index contributed by atoms with van der Waals surface area (Å²) < 4.78 is 22.2. The lowest BCUT2D eigenvalue weighted by atomic mass is 9.82. The van der Waals surface area contributed by atoms with Gasteiger partial charge in [-0.05, 0) is 54.2 Å². The van der Waals surface area contributed by atoms with Crippen LogP contribution >= 0.6 is 0 Å². The predicted octanol–water partition coefficient (Wildman–Crippen LogP) is 4.88. The topological polar surface area (TPSA) is 77.5 Å². The van der Waals surface area contributed by atoms with Gasteiger partial charge < -0.3 is 23.8 Å². The van der Waals surface area contributed by atoms with Crippen LogP contribution in [-0.2, 0) is 14.3 Å². The number of hydrogen-bond donors (Lipinski definition) is 0. The van der Waals surface area contributed by atoms with Crippen LogP contribution < -0.4 is 14.2 Å². The minimum absolute atomic E-state index is 0.0739. The Morgan fingerprint density at radius 2 is 1.62 bits per heavy atom. The number of carbonyl (C=O) groups excluding carboxylic acids is 2. The van der Waals surface area contributed by atoms with E-state index in [-0.39, 0.29) is 43.8 Å². The van der Waals surface area contributed by atoms with E-state index in [4.69, 9.17) is 18.9 Å². The highest BCUT2D eigenvalue weighted by molar-refractivity contribution is 5.80. The number of methoxy groups -OCH3 is 1. The standard InChI is InChI=1S/C31H42N2O6/c1-7-37-31(35)29-25(23-10-13-26-27(14-23)39-19-38-26)17-33(30(29)22-8-11-24(36-6)12-9-22)18-28(34)32(15-20(2)3)16-21(4)5/h8-14,20-21,25,29-30H,7,15-19H2,1-6H3/t25-,29-,30+/m1/s1. The van der Waals surface area contributed by atoms with Crippen molar-refractivity contribution in [1.29, 1.82) is 0 Å². The summed E-state index contributed by atoms with van der Waals surface area (Å²) in [6.07, 6.45) is 0. The van der Waals surface area contributed by atoms with E-state index in [0.717, 1.165) is 16.9 Å². The summed E-state index contributed by atoms with van der Waals surface area (Å²) in [4.78, 5) is 31.5. The van der Waals surface area contributed by atoms with Crippen molar-refractivity contribution in [2.75, 3.05) is 46.7 Å². The maximum atomic E-state index is 13.8. The highest BCUT2D eigenvalue weighted by atomic mass is 16.7. The lowest BCUT2D eigenvalue weighted by Gasteiger charge is -2.32. The van der Waals surface area contributed by atoms with Crippen molar-refractivity contribution in [3.8, 4) is 17.2 Å². The molecule has 2 aliphatic rings. The van der Waals surface area contributed by atoms with Crippen LogP contribution in [0.1, 0.15) is 57.7 Å². The maximum Gasteiger partial charge on any atom is 0.311 e. The number of amides is 1. The number of nitrogens with zero attached hydrogens (tertiary/aromatic N) is 2. The summed E-state index contributed by atoms with van der Waals surface area (Å²) >= 11 is 0. The molecule has 8 nitrogen and oxygen atoms in total. The van der Waals surface area contributed by atoms with Crippen molar-refractivity contribution in [1.82, 2.24) is 9.80 Å². The van der Waals surface area contributed by atoms with Crippen LogP contribution in [-0.4, -0.2) is 68.4 Å². The van der Waals surface area contributed by atoms with Crippen LogP contribution in [0.4, 0.5) is 0 Å². The Morgan fingerprint density at radius 1 is 0.974 bits per heavy atom. The van der Waals surface area contributed by atoms with Gasteiger partial charge in [-0.15, -0.1) is 0 Å². The molecule has 0 spiro atoms. The lowest BCUT2D eigenvalue weighted by molar-refractivity contribution is -0.150. The highest BCUT2D eigenvalue weighted by Crippen LogP contribution is 2.48. The summed E-state index contributed by atoms with van der Waals surface area (Å²) in [6.45, 7) is 12.9. The Bertz CT molecular complexity index is 1120. The molecule has 8 heteroatoms. The normalized spacial score (nSPS) is 20.5. The van der Waals surface area contributed by atoms with Crippen LogP contribution in [0, 0.1) is 17.8 Å². The molecule has 0 aliphatic carbocycles. The van der Waals surface area contributed by atoms with E-state index in [2.05, 4.69) is 32.6 Å². The van der Waals surface area contributed by atoms with Gasteiger partial charge in [0.25, 0.3) is 0 Å². The number of esters is 1. The number of fused-ring (bicyclic) bond motifs is 1. The Kier molecular flexibility index (Phi) is 9.38. The molecule has 3 atom stereocenters. The first-order chi connectivity index (χ1) is 18.7. The van der Waals surface area contributed by atoms with Gasteiger partial charge in [-0.2, -0.15) is 0 Å². The fraction of sp³-hybridized carbons (Fsp3) is 0.548. The first-order valence-electron chi connectivity index (χ1n) is 13.9. The molecule has 0 unspecified atom stereocenters. The molecule has 1 amide bonds. The van der Waals surface area contributed by atoms with Gasteiger partial charge in [-0.3, -0.25) is 14.5 Å². The second-order valence-electron chi connectivity index (χ2n) is 11.2. The molecule has 2 aromatic rings. The summed E-state index contributed by atoms with van der Waals surface area (Å²) in [5.41, 5.74) is 1.91. The minimum Gasteiger partial charge on any atom is -0.497 e. The van der Waals surface area contributed by atoms with E-state index >= 15 is 0 Å². The average molecular weight is 539 g/mol. The number of likely N-dealkylation sites (tertiary alicyclic amines) is 1. The van der Waals surface area contributed by atoms with Gasteiger partial charge in [0, 0.05) is 31.6 Å². The van der Waals surface area contributed by atoms with Gasteiger partial charge >= 0.3 is 5.97 Å². The minimum atomic E-state index is -0.504. The molecule has 0 bridgehead atoms. The van der Waals surface area contributed by atoms with E-state index < -0.39 is 5.92 Å². The maximum absolute atomic E-state index is 13.8. The Labute approximate surface area is 232 Å². The van der Waals surface area contributed by atoms with Crippen LogP contribution in [0.15, 0.2) is 42.5 Å². The second kappa shape index (κ2) is 12.7. The Hall–Kier alpha value is -3.26. The number of benzene rings is 2. The predicted molar refractivity (Wildman–Crippen MR) is 149 cm³/mol. The van der Waals surface area contributed by atoms with Crippen molar-refractivity contribution in [2.24, 2.45) is 17.8 Å². The molecule has 0 radical (unpaired) electrons. The fourth-order valence-corrected chi connectivity index (χ4v) is 5.73. The van der Waals surface area contributed by atoms with Gasteiger partial charge in [-0.25, -0.2) is 0 Å². The van der Waals surface area contributed by atoms with Gasteiger partial charge in [-0.1, -0.05) is 45.9 Å². The molecule has 1 saturated heterocycles. The fourth-order valence-electron chi connectivity index (χ4n) is 5.73. The zero-order valence-corrected chi connectivity index (χ0v) is 24.0. The third kappa shape index (κ3) is 6.67. The molecule has 39 heavy (non-hydrogen) atoms. The highest BCUT2D eigenvalue weighted by Gasteiger charge is 2.49. The summed E-state index contributed by atoms with van der Waals surface area (Å²) in [5.74, 6) is 1.93. The number of carbonyl (C=O) groups is 2. The third-order valence-corrected chi connectivity index (χ3v) is 7.30. The molecule has 2 aromatic carbocycles. The largest absolute Gasteiger partial charge is 0.497 e. The zero-order valence-electron chi connectivity index (χ0n) is 24.0. The van der Waals surface area contributed by atoms with E-state index in [1.54, 1.807) is 7.11 Å². The van der Waals surface area contributed by atoms with Crippen molar-refractivity contribution in [2.45, 2.75) is 46.6 Å². The van der Waals surface area contributed by atoms with Crippen LogP contribution in [0.5, 0.6) is 17.2 Å². The van der Waals surface area contributed by atoms with Crippen LogP contribution in [0.2, 0.25) is 0 Å². The molecule has 0 aromatic heterocycles. The van der Waals surface area contributed by atoms with E-state index in [1.807, 2.05) is 54.3 Å². The van der Waals surface area contributed by atoms with Gasteiger partial charge in [0.15, 0.2) is 11.5 Å². The summed E-state index contributed by atoms with van der Waals surface area (Å²) in [6, 6.07) is 13.3. The van der Waals surface area contributed by atoms with Crippen LogP contribution in [0.3, 0.4) is 0 Å². The average Bonchev–Trinajstić information content (AvgIpc) is 3.52. The SMILES string of the molecule is CCOC(=O)[C@@H]1[C@@H](c2ccc3c(c2)OCO3)CN(CC(=O)N(CC(C)C)CC(C)C)[C@H]1c1ccc(OC)cc1. The molecular weight excluding hydrogens is 496 g/mol. The zero-order chi connectivity index (χ0) is 28.1. The monoisotopic (exact) mass is 538 g/mol. The number of hydrogen-bond acceptors (Lipinski definition) is 7.